The Kier molecular flexibility index (Phi) is 4.95. The van der Waals surface area contributed by atoms with Gasteiger partial charge in [0.2, 0.25) is 6.41 Å². The summed E-state index contributed by atoms with van der Waals surface area (Å²) in [6.45, 7) is 2.59. The van der Waals surface area contributed by atoms with Gasteiger partial charge in [-0.05, 0) is 14.0 Å². The van der Waals surface area contributed by atoms with Gasteiger partial charge in [0.25, 0.3) is 0 Å². The van der Waals surface area contributed by atoms with Gasteiger partial charge in [0.05, 0.1) is 0 Å². The first-order chi connectivity index (χ1) is 3.85. The van der Waals surface area contributed by atoms with Gasteiger partial charge in [-0.15, -0.1) is 0 Å². The van der Waals surface area contributed by atoms with Gasteiger partial charge >= 0.3 is 0 Å². The molecule has 1 atom stereocenters. The summed E-state index contributed by atoms with van der Waals surface area (Å²) in [4.78, 5) is 0. The van der Waals surface area contributed by atoms with Crippen LogP contribution in [0.2, 0.25) is 0 Å². The molecule has 3 nitrogen and oxygen atoms in total. The first kappa shape index (κ1) is 7.88. The molecule has 0 aliphatic heterocycles. The minimum atomic E-state index is -0.250. The molecular weight excluding hydrogens is 106 g/mol. The molecule has 1 unspecified atom stereocenters. The van der Waals surface area contributed by atoms with Crippen LogP contribution in [0.1, 0.15) is 6.92 Å². The van der Waals surface area contributed by atoms with E-state index in [4.69, 9.17) is 9.47 Å². The van der Waals surface area contributed by atoms with Gasteiger partial charge in [-0.3, -0.25) is 5.32 Å². The number of methoxy groups -OCH3 is 1. The van der Waals surface area contributed by atoms with Crippen LogP contribution in [0, 0.1) is 0 Å². The lowest BCUT2D eigenvalue weighted by Gasteiger charge is -2.12. The molecule has 0 bridgehead atoms. The highest BCUT2D eigenvalue weighted by atomic mass is 16.7. The fourth-order valence-electron chi connectivity index (χ4n) is 0.421. The normalized spacial score (nSPS) is 13.9. The lowest BCUT2D eigenvalue weighted by atomic mass is 10.8. The maximum atomic E-state index is 5.01. The van der Waals surface area contributed by atoms with E-state index >= 15 is 0 Å². The van der Waals surface area contributed by atoms with E-state index in [-0.39, 0.29) is 6.41 Å². The number of nitrogens with one attached hydrogen (secondary N) is 1. The molecule has 0 aromatic rings. The van der Waals surface area contributed by atoms with Gasteiger partial charge in [-0.1, -0.05) is 0 Å². The molecule has 0 fully saturated rings. The molecule has 0 aromatic heterocycles. The standard InChI is InChI=1S/C5H13NO2/c1-4-8-5(6-2)7-3/h5-6H,4H2,1-3H3. The highest BCUT2D eigenvalue weighted by Crippen LogP contribution is 1.83. The van der Waals surface area contributed by atoms with Crippen molar-refractivity contribution in [2.24, 2.45) is 0 Å². The molecule has 0 aromatic carbocycles. The molecule has 0 spiro atoms. The monoisotopic (exact) mass is 119 g/mol. The van der Waals surface area contributed by atoms with Crippen molar-refractivity contribution >= 4 is 0 Å². The Balaban J connectivity index is 3.07. The third-order valence-corrected chi connectivity index (χ3v) is 0.768. The van der Waals surface area contributed by atoms with E-state index < -0.39 is 0 Å². The fourth-order valence-corrected chi connectivity index (χ4v) is 0.421. The van der Waals surface area contributed by atoms with Crippen molar-refractivity contribution in [3.05, 3.63) is 0 Å². The van der Waals surface area contributed by atoms with E-state index in [0.717, 1.165) is 0 Å². The summed E-state index contributed by atoms with van der Waals surface area (Å²) in [5, 5.41) is 2.81. The van der Waals surface area contributed by atoms with Crippen molar-refractivity contribution in [1.29, 1.82) is 0 Å². The third-order valence-electron chi connectivity index (χ3n) is 0.768. The molecule has 0 saturated heterocycles. The maximum Gasteiger partial charge on any atom is 0.215 e. The molecule has 50 valence electrons. The maximum absolute atomic E-state index is 5.01. The average molecular weight is 119 g/mol. The van der Waals surface area contributed by atoms with E-state index in [2.05, 4.69) is 5.32 Å². The zero-order valence-electron chi connectivity index (χ0n) is 5.60. The summed E-state index contributed by atoms with van der Waals surface area (Å²) < 4.78 is 9.81. The van der Waals surface area contributed by atoms with Crippen LogP contribution >= 0.6 is 0 Å². The first-order valence-electron chi connectivity index (χ1n) is 2.66. The topological polar surface area (TPSA) is 30.5 Å². The van der Waals surface area contributed by atoms with Crippen molar-refractivity contribution in [1.82, 2.24) is 5.32 Å². The SMILES string of the molecule is CCOC(NC)OC. The van der Waals surface area contributed by atoms with E-state index in [1.54, 1.807) is 14.2 Å². The van der Waals surface area contributed by atoms with Crippen LogP contribution in [0.25, 0.3) is 0 Å². The van der Waals surface area contributed by atoms with E-state index in [9.17, 15) is 0 Å². The Morgan fingerprint density at radius 2 is 2.25 bits per heavy atom. The van der Waals surface area contributed by atoms with Crippen molar-refractivity contribution in [2.75, 3.05) is 20.8 Å². The first-order valence-corrected chi connectivity index (χ1v) is 2.66. The molecule has 0 saturated carbocycles. The highest BCUT2D eigenvalue weighted by molar-refractivity contribution is 4.28. The van der Waals surface area contributed by atoms with Gasteiger partial charge in [-0.25, -0.2) is 0 Å². The van der Waals surface area contributed by atoms with Crippen LogP contribution in [0.15, 0.2) is 0 Å². The fraction of sp³-hybridized carbons (Fsp3) is 1.00. The van der Waals surface area contributed by atoms with Gasteiger partial charge in [-0.2, -0.15) is 0 Å². The van der Waals surface area contributed by atoms with Crippen LogP contribution in [0.3, 0.4) is 0 Å². The van der Waals surface area contributed by atoms with Crippen molar-refractivity contribution in [3.63, 3.8) is 0 Å². The minimum Gasteiger partial charge on any atom is -0.343 e. The summed E-state index contributed by atoms with van der Waals surface area (Å²) in [6.07, 6.45) is -0.250. The van der Waals surface area contributed by atoms with Gasteiger partial charge in [0, 0.05) is 13.7 Å². The average Bonchev–Trinajstić information content (AvgIpc) is 1.83. The van der Waals surface area contributed by atoms with Gasteiger partial charge in [0.15, 0.2) is 0 Å². The van der Waals surface area contributed by atoms with Crippen LogP contribution in [-0.4, -0.2) is 27.2 Å². The number of rotatable bonds is 4. The Hall–Kier alpha value is -0.120. The molecule has 0 aliphatic rings. The number of ether oxygens (including phenoxy) is 2. The Morgan fingerprint density at radius 3 is 2.38 bits per heavy atom. The minimum absolute atomic E-state index is 0.250. The predicted octanol–water partition coefficient (Wildman–Crippen LogP) is 0.172. The van der Waals surface area contributed by atoms with Gasteiger partial charge < -0.3 is 9.47 Å². The van der Waals surface area contributed by atoms with Crippen LogP contribution in [-0.2, 0) is 9.47 Å². The highest BCUT2D eigenvalue weighted by Gasteiger charge is 1.97. The molecule has 0 rings (SSSR count). The zero-order valence-corrected chi connectivity index (χ0v) is 5.60. The molecule has 0 amide bonds. The molecule has 3 heteroatoms. The molecule has 0 heterocycles. The summed E-state index contributed by atoms with van der Waals surface area (Å²) >= 11 is 0. The lowest BCUT2D eigenvalue weighted by molar-refractivity contribution is -0.135. The third kappa shape index (κ3) is 2.96. The molecule has 0 radical (unpaired) electrons. The molecular formula is C5H13NO2. The van der Waals surface area contributed by atoms with E-state index in [1.165, 1.54) is 0 Å². The van der Waals surface area contributed by atoms with E-state index in [0.29, 0.717) is 6.61 Å². The second-order valence-electron chi connectivity index (χ2n) is 1.31. The number of hydrogen-bond donors (Lipinski definition) is 1. The van der Waals surface area contributed by atoms with Crippen molar-refractivity contribution < 1.29 is 9.47 Å². The van der Waals surface area contributed by atoms with Crippen LogP contribution in [0.4, 0.5) is 0 Å². The zero-order chi connectivity index (χ0) is 6.41. The Bertz CT molecular complexity index is 45.7. The quantitative estimate of drug-likeness (QED) is 0.535. The van der Waals surface area contributed by atoms with Crippen molar-refractivity contribution in [2.45, 2.75) is 13.3 Å². The Morgan fingerprint density at radius 1 is 1.62 bits per heavy atom. The van der Waals surface area contributed by atoms with Crippen LogP contribution < -0.4 is 5.32 Å². The molecule has 1 N–H and O–H groups in total. The van der Waals surface area contributed by atoms with E-state index in [1.807, 2.05) is 6.92 Å². The molecule has 0 aliphatic carbocycles. The van der Waals surface area contributed by atoms with Crippen molar-refractivity contribution in [3.8, 4) is 0 Å². The predicted molar refractivity (Wildman–Crippen MR) is 31.5 cm³/mol. The summed E-state index contributed by atoms with van der Waals surface area (Å²) in [5.41, 5.74) is 0. The second-order valence-corrected chi connectivity index (χ2v) is 1.31. The summed E-state index contributed by atoms with van der Waals surface area (Å²) in [7, 11) is 3.38. The van der Waals surface area contributed by atoms with Gasteiger partial charge in [0.1, 0.15) is 0 Å². The number of hydrogen-bond acceptors (Lipinski definition) is 3. The second kappa shape index (κ2) is 5.03. The Labute approximate surface area is 50.0 Å². The largest absolute Gasteiger partial charge is 0.343 e. The smallest absolute Gasteiger partial charge is 0.215 e. The summed E-state index contributed by atoms with van der Waals surface area (Å²) in [6, 6.07) is 0. The molecule has 8 heavy (non-hydrogen) atoms. The summed E-state index contributed by atoms with van der Waals surface area (Å²) in [5.74, 6) is 0. The van der Waals surface area contributed by atoms with Crippen LogP contribution in [0.5, 0.6) is 0 Å². The lowest BCUT2D eigenvalue weighted by Crippen LogP contribution is -2.29.